The minimum Gasteiger partial charge on any atom is -0.334 e. The highest BCUT2D eigenvalue weighted by molar-refractivity contribution is 5.95. The van der Waals surface area contributed by atoms with Crippen molar-refractivity contribution in [3.05, 3.63) is 53.9 Å². The Morgan fingerprint density at radius 1 is 1.24 bits per heavy atom. The fraction of sp³-hybridized carbons (Fsp3) is 0.231. The fourth-order valence-electron chi connectivity index (χ4n) is 1.71. The van der Waals surface area contributed by atoms with Gasteiger partial charge in [0.2, 0.25) is 0 Å². The topological polar surface area (TPSA) is 59.0 Å². The quantitative estimate of drug-likeness (QED) is 0.871. The monoisotopic (exact) mass is 296 g/mol. The van der Waals surface area contributed by atoms with Gasteiger partial charge < -0.3 is 4.90 Å². The lowest BCUT2D eigenvalue weighted by molar-refractivity contribution is -0.138. The summed E-state index contributed by atoms with van der Waals surface area (Å²) in [4.78, 5) is 24.7. The standard InChI is InChI=1S/C13H11F3N4O/c1-20(8-11-18-4-2-5-19-11)12(21)9-7-17-6-3-10(9)13(14,15)16/h2-7H,8H2,1H3. The van der Waals surface area contributed by atoms with Crippen molar-refractivity contribution in [3.63, 3.8) is 0 Å². The molecule has 8 heteroatoms. The van der Waals surface area contributed by atoms with Gasteiger partial charge in [0.1, 0.15) is 5.82 Å². The van der Waals surface area contributed by atoms with E-state index in [0.717, 1.165) is 23.4 Å². The maximum absolute atomic E-state index is 12.9. The first-order valence-electron chi connectivity index (χ1n) is 5.92. The Kier molecular flexibility index (Phi) is 4.15. The third-order valence-electron chi connectivity index (χ3n) is 2.70. The normalized spacial score (nSPS) is 11.2. The van der Waals surface area contributed by atoms with E-state index in [9.17, 15) is 18.0 Å². The molecule has 0 aliphatic heterocycles. The van der Waals surface area contributed by atoms with Gasteiger partial charge in [-0.1, -0.05) is 0 Å². The molecule has 0 N–H and O–H groups in total. The average molecular weight is 296 g/mol. The number of hydrogen-bond acceptors (Lipinski definition) is 4. The lowest BCUT2D eigenvalue weighted by atomic mass is 10.1. The molecule has 0 saturated heterocycles. The minimum atomic E-state index is -4.61. The van der Waals surface area contributed by atoms with E-state index in [1.54, 1.807) is 6.07 Å². The number of amides is 1. The van der Waals surface area contributed by atoms with E-state index >= 15 is 0 Å². The molecule has 0 saturated carbocycles. The number of alkyl halides is 3. The van der Waals surface area contributed by atoms with E-state index in [-0.39, 0.29) is 6.54 Å². The Morgan fingerprint density at radius 3 is 2.52 bits per heavy atom. The summed E-state index contributed by atoms with van der Waals surface area (Å²) in [5, 5.41) is 0. The van der Waals surface area contributed by atoms with Crippen LogP contribution in [-0.2, 0) is 12.7 Å². The van der Waals surface area contributed by atoms with Gasteiger partial charge in [-0.3, -0.25) is 9.78 Å². The molecule has 0 aliphatic carbocycles. The van der Waals surface area contributed by atoms with Gasteiger partial charge in [0.15, 0.2) is 0 Å². The lowest BCUT2D eigenvalue weighted by Gasteiger charge is -2.18. The zero-order chi connectivity index (χ0) is 15.5. The van der Waals surface area contributed by atoms with Crippen LogP contribution in [0.25, 0.3) is 0 Å². The number of carbonyl (C=O) groups is 1. The third kappa shape index (κ3) is 3.53. The number of carbonyl (C=O) groups excluding carboxylic acids is 1. The molecule has 2 rings (SSSR count). The van der Waals surface area contributed by atoms with E-state index in [0.29, 0.717) is 5.82 Å². The van der Waals surface area contributed by atoms with Crippen LogP contribution in [-0.4, -0.2) is 32.8 Å². The van der Waals surface area contributed by atoms with E-state index in [4.69, 9.17) is 0 Å². The summed E-state index contributed by atoms with van der Waals surface area (Å²) in [5.41, 5.74) is -1.51. The molecular formula is C13H11F3N4O. The highest BCUT2D eigenvalue weighted by Gasteiger charge is 2.35. The summed E-state index contributed by atoms with van der Waals surface area (Å²) >= 11 is 0. The summed E-state index contributed by atoms with van der Waals surface area (Å²) in [7, 11) is 1.38. The number of pyridine rings is 1. The fourth-order valence-corrected chi connectivity index (χ4v) is 1.71. The molecule has 110 valence electrons. The Morgan fingerprint density at radius 2 is 1.90 bits per heavy atom. The molecule has 0 aliphatic rings. The molecule has 2 heterocycles. The molecule has 2 aromatic rings. The van der Waals surface area contributed by atoms with Crippen LogP contribution in [0.5, 0.6) is 0 Å². The molecule has 5 nitrogen and oxygen atoms in total. The Labute approximate surface area is 118 Å². The maximum Gasteiger partial charge on any atom is 0.417 e. The summed E-state index contributed by atoms with van der Waals surface area (Å²) in [6.07, 6.45) is 0.281. The number of rotatable bonds is 3. The summed E-state index contributed by atoms with van der Waals surface area (Å²) in [6, 6.07) is 2.38. The van der Waals surface area contributed by atoms with Crippen LogP contribution in [0.15, 0.2) is 36.9 Å². The highest BCUT2D eigenvalue weighted by Crippen LogP contribution is 2.31. The van der Waals surface area contributed by atoms with Gasteiger partial charge in [-0.2, -0.15) is 13.2 Å². The van der Waals surface area contributed by atoms with Crippen molar-refractivity contribution in [1.82, 2.24) is 19.9 Å². The minimum absolute atomic E-state index is 0.00582. The number of aromatic nitrogens is 3. The predicted molar refractivity (Wildman–Crippen MR) is 67.1 cm³/mol. The van der Waals surface area contributed by atoms with E-state index in [1.807, 2.05) is 0 Å². The van der Waals surface area contributed by atoms with Crippen molar-refractivity contribution in [1.29, 1.82) is 0 Å². The Hall–Kier alpha value is -2.51. The smallest absolute Gasteiger partial charge is 0.334 e. The van der Waals surface area contributed by atoms with Crippen molar-refractivity contribution in [2.75, 3.05) is 7.05 Å². The van der Waals surface area contributed by atoms with Crippen molar-refractivity contribution in [2.45, 2.75) is 12.7 Å². The lowest BCUT2D eigenvalue weighted by Crippen LogP contribution is -2.29. The number of nitrogens with zero attached hydrogens (tertiary/aromatic N) is 4. The van der Waals surface area contributed by atoms with Gasteiger partial charge >= 0.3 is 6.18 Å². The van der Waals surface area contributed by atoms with Gasteiger partial charge in [-0.05, 0) is 12.1 Å². The van der Waals surface area contributed by atoms with Gasteiger partial charge in [0.25, 0.3) is 5.91 Å². The average Bonchev–Trinajstić information content (AvgIpc) is 2.46. The van der Waals surface area contributed by atoms with E-state index < -0.39 is 23.2 Å². The number of hydrogen-bond donors (Lipinski definition) is 0. The zero-order valence-corrected chi connectivity index (χ0v) is 11.0. The van der Waals surface area contributed by atoms with Gasteiger partial charge in [0.05, 0.1) is 17.7 Å². The summed E-state index contributed by atoms with van der Waals surface area (Å²) < 4.78 is 38.6. The molecule has 0 bridgehead atoms. The molecule has 2 aromatic heterocycles. The van der Waals surface area contributed by atoms with Crippen molar-refractivity contribution < 1.29 is 18.0 Å². The van der Waals surface area contributed by atoms with Crippen LogP contribution in [0, 0.1) is 0 Å². The van der Waals surface area contributed by atoms with Gasteiger partial charge in [-0.15, -0.1) is 0 Å². The molecule has 0 aromatic carbocycles. The molecule has 0 unspecified atom stereocenters. The van der Waals surface area contributed by atoms with Crippen molar-refractivity contribution in [3.8, 4) is 0 Å². The maximum atomic E-state index is 12.9. The second-order valence-corrected chi connectivity index (χ2v) is 4.25. The molecule has 1 amide bonds. The Bertz CT molecular complexity index is 631. The summed E-state index contributed by atoms with van der Waals surface area (Å²) in [6.45, 7) is 0.00582. The Balaban J connectivity index is 2.24. The molecule has 0 atom stereocenters. The molecule has 21 heavy (non-hydrogen) atoms. The first-order chi connectivity index (χ1) is 9.89. The molecule has 0 spiro atoms. The SMILES string of the molecule is CN(Cc1ncccn1)C(=O)c1cnccc1C(F)(F)F. The van der Waals surface area contributed by atoms with Crippen molar-refractivity contribution >= 4 is 5.91 Å². The van der Waals surface area contributed by atoms with Gasteiger partial charge in [-0.25, -0.2) is 9.97 Å². The second kappa shape index (κ2) is 5.86. The van der Waals surface area contributed by atoms with Crippen LogP contribution in [0.2, 0.25) is 0 Å². The largest absolute Gasteiger partial charge is 0.417 e. The van der Waals surface area contributed by atoms with Crippen LogP contribution >= 0.6 is 0 Å². The first kappa shape index (κ1) is 14.9. The van der Waals surface area contributed by atoms with Gasteiger partial charge in [0, 0.05) is 31.8 Å². The van der Waals surface area contributed by atoms with Crippen LogP contribution in [0.3, 0.4) is 0 Å². The summed E-state index contributed by atoms with van der Waals surface area (Å²) in [5.74, 6) is -0.450. The predicted octanol–water partition coefficient (Wildman–Crippen LogP) is 2.16. The van der Waals surface area contributed by atoms with Crippen LogP contribution in [0.1, 0.15) is 21.7 Å². The van der Waals surface area contributed by atoms with E-state index in [1.165, 1.54) is 19.4 Å². The molecule has 0 radical (unpaired) electrons. The molecular weight excluding hydrogens is 285 g/mol. The highest BCUT2D eigenvalue weighted by atomic mass is 19.4. The van der Waals surface area contributed by atoms with Crippen molar-refractivity contribution in [2.24, 2.45) is 0 Å². The first-order valence-corrected chi connectivity index (χ1v) is 5.92. The van der Waals surface area contributed by atoms with Crippen LogP contribution in [0.4, 0.5) is 13.2 Å². The molecule has 0 fully saturated rings. The second-order valence-electron chi connectivity index (χ2n) is 4.25. The van der Waals surface area contributed by atoms with E-state index in [2.05, 4.69) is 15.0 Å². The zero-order valence-electron chi connectivity index (χ0n) is 11.0. The van der Waals surface area contributed by atoms with Crippen LogP contribution < -0.4 is 0 Å². The number of halogens is 3. The third-order valence-corrected chi connectivity index (χ3v) is 2.70.